The van der Waals surface area contributed by atoms with E-state index in [4.69, 9.17) is 23.2 Å². The minimum Gasteiger partial charge on any atom is -0.336 e. The van der Waals surface area contributed by atoms with Crippen molar-refractivity contribution in [3.63, 3.8) is 0 Å². The highest BCUT2D eigenvalue weighted by atomic mass is 35.5. The van der Waals surface area contributed by atoms with Crippen molar-refractivity contribution in [3.05, 3.63) is 28.2 Å². The molecular weight excluding hydrogens is 385 g/mol. The van der Waals surface area contributed by atoms with Crippen LogP contribution in [-0.2, 0) is 9.59 Å². The zero-order valence-electron chi connectivity index (χ0n) is 14.0. The number of rotatable bonds is 4. The van der Waals surface area contributed by atoms with Gasteiger partial charge in [0.2, 0.25) is 11.8 Å². The van der Waals surface area contributed by atoms with Crippen LogP contribution in [0.4, 0.5) is 5.69 Å². The van der Waals surface area contributed by atoms with Crippen LogP contribution in [0.1, 0.15) is 19.3 Å². The Morgan fingerprint density at radius 2 is 1.96 bits per heavy atom. The van der Waals surface area contributed by atoms with Gasteiger partial charge in [0.1, 0.15) is 0 Å². The largest absolute Gasteiger partial charge is 0.336 e. The molecule has 2 N–H and O–H groups in total. The average molecular weight is 407 g/mol. The number of carbonyl (C=O) groups is 2. The van der Waals surface area contributed by atoms with Gasteiger partial charge < -0.3 is 15.5 Å². The quantitative estimate of drug-likeness (QED) is 0.807. The van der Waals surface area contributed by atoms with Crippen LogP contribution in [0.5, 0.6) is 0 Å². The molecule has 1 saturated carbocycles. The van der Waals surface area contributed by atoms with Crippen molar-refractivity contribution in [2.75, 3.05) is 32.0 Å². The summed E-state index contributed by atoms with van der Waals surface area (Å²) in [7, 11) is 1.68. The Hall–Kier alpha value is -1.01. The highest BCUT2D eigenvalue weighted by molar-refractivity contribution is 6.42. The van der Waals surface area contributed by atoms with Crippen LogP contribution < -0.4 is 10.6 Å². The first kappa shape index (κ1) is 20.3. The lowest BCUT2D eigenvalue weighted by Crippen LogP contribution is -2.38. The summed E-state index contributed by atoms with van der Waals surface area (Å²) in [6, 6.07) is 4.90. The molecule has 1 spiro atoms. The first-order chi connectivity index (χ1) is 11.4. The number of piperidine rings is 1. The third-order valence-corrected chi connectivity index (χ3v) is 5.79. The van der Waals surface area contributed by atoms with Gasteiger partial charge in [-0.25, -0.2) is 0 Å². The normalized spacial score (nSPS) is 20.5. The fraction of sp³-hybridized carbons (Fsp3) is 0.529. The van der Waals surface area contributed by atoms with Gasteiger partial charge in [-0.15, -0.1) is 12.4 Å². The highest BCUT2D eigenvalue weighted by Gasteiger charge is 2.58. The molecule has 3 rings (SSSR count). The van der Waals surface area contributed by atoms with Crippen molar-refractivity contribution in [1.29, 1.82) is 0 Å². The van der Waals surface area contributed by atoms with Crippen LogP contribution in [0.2, 0.25) is 10.0 Å². The number of hydrogen-bond donors (Lipinski definition) is 2. The Kier molecular flexibility index (Phi) is 6.60. The number of likely N-dealkylation sites (N-methyl/N-ethyl adjacent to an activating group) is 1. The van der Waals surface area contributed by atoms with Crippen LogP contribution in [0.15, 0.2) is 18.2 Å². The second-order valence-electron chi connectivity index (χ2n) is 6.74. The number of hydrogen-bond acceptors (Lipinski definition) is 3. The molecule has 1 aromatic carbocycles. The first-order valence-corrected chi connectivity index (χ1v) is 8.87. The SMILES string of the molecule is CN(CC(=O)Nc1ccc(Cl)c(Cl)c1)C(=O)C1CC12CCNCC2.Cl. The third-order valence-electron chi connectivity index (χ3n) is 5.05. The lowest BCUT2D eigenvalue weighted by Gasteiger charge is -2.25. The van der Waals surface area contributed by atoms with E-state index in [9.17, 15) is 9.59 Å². The lowest BCUT2D eigenvalue weighted by atomic mass is 9.91. The molecule has 1 saturated heterocycles. The van der Waals surface area contributed by atoms with Crippen LogP contribution in [0.25, 0.3) is 0 Å². The minimum absolute atomic E-state index is 0. The van der Waals surface area contributed by atoms with Gasteiger partial charge >= 0.3 is 0 Å². The summed E-state index contributed by atoms with van der Waals surface area (Å²) in [6.45, 7) is 1.99. The van der Waals surface area contributed by atoms with E-state index < -0.39 is 0 Å². The molecular formula is C17H22Cl3N3O2. The van der Waals surface area contributed by atoms with Gasteiger partial charge in [-0.3, -0.25) is 9.59 Å². The fourth-order valence-corrected chi connectivity index (χ4v) is 3.81. The van der Waals surface area contributed by atoms with Gasteiger partial charge in [0.05, 0.1) is 16.6 Å². The van der Waals surface area contributed by atoms with Gasteiger partial charge in [0.15, 0.2) is 0 Å². The fourth-order valence-electron chi connectivity index (χ4n) is 3.51. The van der Waals surface area contributed by atoms with Gasteiger partial charge in [-0.2, -0.15) is 0 Å². The van der Waals surface area contributed by atoms with Gasteiger partial charge in [-0.1, -0.05) is 23.2 Å². The zero-order valence-corrected chi connectivity index (χ0v) is 16.3. The topological polar surface area (TPSA) is 61.4 Å². The Morgan fingerprint density at radius 3 is 2.60 bits per heavy atom. The monoisotopic (exact) mass is 405 g/mol. The molecule has 1 unspecified atom stereocenters. The van der Waals surface area contributed by atoms with E-state index >= 15 is 0 Å². The van der Waals surface area contributed by atoms with E-state index in [2.05, 4.69) is 10.6 Å². The molecule has 1 atom stereocenters. The smallest absolute Gasteiger partial charge is 0.243 e. The summed E-state index contributed by atoms with van der Waals surface area (Å²) in [4.78, 5) is 26.2. The summed E-state index contributed by atoms with van der Waals surface area (Å²) >= 11 is 11.8. The van der Waals surface area contributed by atoms with E-state index in [1.54, 1.807) is 25.2 Å². The molecule has 0 radical (unpaired) electrons. The maximum Gasteiger partial charge on any atom is 0.243 e. The molecule has 5 nitrogen and oxygen atoms in total. The van der Waals surface area contributed by atoms with Crippen molar-refractivity contribution in [2.45, 2.75) is 19.3 Å². The molecule has 2 fully saturated rings. The standard InChI is InChI=1S/C17H21Cl2N3O2.ClH/c1-22(16(24)12-9-17(12)4-6-20-7-5-17)10-15(23)21-11-2-3-13(18)14(19)8-11;/h2-3,8,12,20H,4-7,9-10H2,1H3,(H,21,23);1H. The summed E-state index contributed by atoms with van der Waals surface area (Å²) in [5, 5.41) is 6.88. The van der Waals surface area contributed by atoms with Crippen molar-refractivity contribution in [2.24, 2.45) is 11.3 Å². The number of nitrogens with zero attached hydrogens (tertiary/aromatic N) is 1. The van der Waals surface area contributed by atoms with Gasteiger partial charge in [0, 0.05) is 18.7 Å². The molecule has 1 aliphatic carbocycles. The van der Waals surface area contributed by atoms with Crippen molar-refractivity contribution in [1.82, 2.24) is 10.2 Å². The minimum atomic E-state index is -0.246. The van der Waals surface area contributed by atoms with E-state index in [-0.39, 0.29) is 42.1 Å². The predicted octanol–water partition coefficient (Wildman–Crippen LogP) is 3.20. The van der Waals surface area contributed by atoms with Crippen molar-refractivity contribution < 1.29 is 9.59 Å². The lowest BCUT2D eigenvalue weighted by molar-refractivity contribution is -0.135. The second-order valence-corrected chi connectivity index (χ2v) is 7.55. The predicted molar refractivity (Wildman–Crippen MR) is 103 cm³/mol. The van der Waals surface area contributed by atoms with Crippen LogP contribution in [0.3, 0.4) is 0 Å². The molecule has 1 aromatic rings. The van der Waals surface area contributed by atoms with E-state index in [1.807, 2.05) is 0 Å². The summed E-state index contributed by atoms with van der Waals surface area (Å²) in [5.74, 6) is -0.104. The maximum absolute atomic E-state index is 12.6. The molecule has 1 heterocycles. The Labute approximate surface area is 163 Å². The number of anilines is 1. The zero-order chi connectivity index (χ0) is 17.3. The molecule has 2 aliphatic rings. The molecule has 1 aliphatic heterocycles. The number of amides is 2. The van der Waals surface area contributed by atoms with E-state index in [1.165, 1.54) is 4.90 Å². The molecule has 0 aromatic heterocycles. The van der Waals surface area contributed by atoms with E-state index in [0.29, 0.717) is 15.7 Å². The number of benzene rings is 1. The molecule has 2 amide bonds. The maximum atomic E-state index is 12.6. The average Bonchev–Trinajstić information content (AvgIpc) is 3.23. The van der Waals surface area contributed by atoms with Crippen molar-refractivity contribution >= 4 is 53.1 Å². The highest BCUT2D eigenvalue weighted by Crippen LogP contribution is 2.59. The molecule has 138 valence electrons. The summed E-state index contributed by atoms with van der Waals surface area (Å²) in [6.07, 6.45) is 3.05. The Bertz CT molecular complexity index is 663. The number of carbonyl (C=O) groups excluding carboxylic acids is 2. The van der Waals surface area contributed by atoms with Gasteiger partial charge in [0.25, 0.3) is 0 Å². The molecule has 0 bridgehead atoms. The first-order valence-electron chi connectivity index (χ1n) is 8.12. The second kappa shape index (κ2) is 8.12. The Morgan fingerprint density at radius 1 is 1.28 bits per heavy atom. The molecule has 25 heavy (non-hydrogen) atoms. The van der Waals surface area contributed by atoms with Crippen LogP contribution >= 0.6 is 35.6 Å². The third kappa shape index (κ3) is 4.59. The number of nitrogens with one attached hydrogen (secondary N) is 2. The Balaban J connectivity index is 0.00000225. The van der Waals surface area contributed by atoms with Crippen LogP contribution in [-0.4, -0.2) is 43.4 Å². The number of halogens is 3. The summed E-state index contributed by atoms with van der Waals surface area (Å²) < 4.78 is 0. The molecule has 8 heteroatoms. The summed E-state index contributed by atoms with van der Waals surface area (Å²) in [5.41, 5.74) is 0.744. The van der Waals surface area contributed by atoms with Crippen LogP contribution in [0, 0.1) is 11.3 Å². The van der Waals surface area contributed by atoms with E-state index in [0.717, 1.165) is 32.4 Å². The van der Waals surface area contributed by atoms with Crippen molar-refractivity contribution in [3.8, 4) is 0 Å². The van der Waals surface area contributed by atoms with Gasteiger partial charge in [-0.05, 0) is 56.0 Å².